The van der Waals surface area contributed by atoms with E-state index < -0.39 is 21.7 Å². The van der Waals surface area contributed by atoms with Crippen LogP contribution in [0.3, 0.4) is 0 Å². The number of anilines is 1. The molecule has 1 saturated heterocycles. The summed E-state index contributed by atoms with van der Waals surface area (Å²) in [7, 11) is -4.12. The summed E-state index contributed by atoms with van der Waals surface area (Å²) < 4.78 is 38.6. The average Bonchev–Trinajstić information content (AvgIpc) is 2.92. The molecule has 2 aromatic rings. The number of carbonyl (C=O) groups excluding carboxylic acids is 1. The Labute approximate surface area is 265 Å². The Morgan fingerprint density at radius 3 is 2.43 bits per heavy atom. The number of benzene rings is 2. The second-order valence-electron chi connectivity index (χ2n) is 9.25. The summed E-state index contributed by atoms with van der Waals surface area (Å²) in [5, 5.41) is 15.9. The molecule has 0 bridgehead atoms. The van der Waals surface area contributed by atoms with E-state index in [-0.39, 0.29) is 60.6 Å². The number of ether oxygens (including phenoxy) is 2. The number of halogens is 3. The van der Waals surface area contributed by atoms with Gasteiger partial charge in [0.2, 0.25) is 10.0 Å². The fourth-order valence-electron chi connectivity index (χ4n) is 4.29. The smallest absolute Gasteiger partial charge is 0.323 e. The number of sulfonamides is 1. The summed E-state index contributed by atoms with van der Waals surface area (Å²) in [6.07, 6.45) is 5.47. The van der Waals surface area contributed by atoms with E-state index in [4.69, 9.17) is 37.6 Å². The average molecular weight is 663 g/mol. The number of amidine groups is 2. The summed E-state index contributed by atoms with van der Waals surface area (Å²) in [5.74, 6) is -0.689. The highest BCUT2D eigenvalue weighted by molar-refractivity contribution is 7.93. The van der Waals surface area contributed by atoms with E-state index in [2.05, 4.69) is 0 Å². The van der Waals surface area contributed by atoms with Crippen molar-refractivity contribution in [2.75, 3.05) is 36.3 Å². The maximum atomic E-state index is 13.3. The highest BCUT2D eigenvalue weighted by atomic mass is 35.5. The van der Waals surface area contributed by atoms with E-state index in [1.54, 1.807) is 55.5 Å². The maximum absolute atomic E-state index is 13.3. The van der Waals surface area contributed by atoms with Gasteiger partial charge in [0, 0.05) is 37.9 Å². The van der Waals surface area contributed by atoms with Crippen molar-refractivity contribution in [3.63, 3.8) is 0 Å². The van der Waals surface area contributed by atoms with Crippen LogP contribution < -0.4 is 14.8 Å². The second-order valence-corrected chi connectivity index (χ2v) is 11.6. The van der Waals surface area contributed by atoms with Gasteiger partial charge in [-0.1, -0.05) is 48.9 Å². The van der Waals surface area contributed by atoms with Gasteiger partial charge in [0.25, 0.3) is 0 Å². The van der Waals surface area contributed by atoms with Crippen molar-refractivity contribution < 1.29 is 22.7 Å². The van der Waals surface area contributed by atoms with Gasteiger partial charge >= 0.3 is 5.97 Å². The predicted molar refractivity (Wildman–Crippen MR) is 173 cm³/mol. The highest BCUT2D eigenvalue weighted by Gasteiger charge is 2.27. The predicted octanol–water partition coefficient (Wildman–Crippen LogP) is 5.11. The number of carbonyl (C=O) groups is 1. The Bertz CT molecular complexity index is 1370. The Balaban J connectivity index is 0.00000441. The summed E-state index contributed by atoms with van der Waals surface area (Å²) in [6, 6.07) is 11.7. The van der Waals surface area contributed by atoms with Crippen LogP contribution in [-0.4, -0.2) is 69.1 Å². The minimum Gasteiger partial charge on any atom is -0.489 e. The lowest BCUT2D eigenvalue weighted by Gasteiger charge is -2.33. The molecule has 3 rings (SSSR count). The SMILES string of the molecule is CCOC(=O)CS(=O)(=O)N(C/C=C/c1cccc(C(=N)N)c1)c1ccc(OC2CCN(C(=N)CC)CC2)c(Cl)c1.Cl.Cl. The normalized spacial score (nSPS) is 13.5. The Morgan fingerprint density at radius 1 is 1.14 bits per heavy atom. The van der Waals surface area contributed by atoms with Crippen LogP contribution in [0, 0.1) is 10.8 Å². The molecule has 0 atom stereocenters. The fourth-order valence-corrected chi connectivity index (χ4v) is 5.79. The molecular weight excluding hydrogens is 625 g/mol. The monoisotopic (exact) mass is 661 g/mol. The first-order valence-corrected chi connectivity index (χ1v) is 15.1. The lowest BCUT2D eigenvalue weighted by molar-refractivity contribution is -0.139. The molecule has 1 heterocycles. The molecule has 232 valence electrons. The second kappa shape index (κ2) is 17.2. The molecular formula is C28H38Cl3N5O5S. The van der Waals surface area contributed by atoms with Gasteiger partial charge in [0.1, 0.15) is 17.7 Å². The Kier molecular flexibility index (Phi) is 15.2. The fraction of sp³-hybridized carbons (Fsp3) is 0.393. The minimum atomic E-state index is -4.12. The van der Waals surface area contributed by atoms with Crippen LogP contribution in [-0.2, 0) is 19.6 Å². The molecule has 1 aliphatic rings. The van der Waals surface area contributed by atoms with Crippen LogP contribution in [0.25, 0.3) is 6.08 Å². The van der Waals surface area contributed by atoms with Gasteiger partial charge in [-0.3, -0.25) is 19.9 Å². The van der Waals surface area contributed by atoms with Gasteiger partial charge < -0.3 is 20.1 Å². The van der Waals surface area contributed by atoms with Crippen LogP contribution >= 0.6 is 36.4 Å². The molecule has 0 aliphatic carbocycles. The van der Waals surface area contributed by atoms with Crippen LogP contribution in [0.4, 0.5) is 5.69 Å². The van der Waals surface area contributed by atoms with Gasteiger partial charge in [0.05, 0.1) is 29.7 Å². The molecule has 2 aromatic carbocycles. The molecule has 0 saturated carbocycles. The van der Waals surface area contributed by atoms with Gasteiger partial charge in [0.15, 0.2) is 5.75 Å². The van der Waals surface area contributed by atoms with Crippen LogP contribution in [0.1, 0.15) is 44.2 Å². The zero-order chi connectivity index (χ0) is 29.3. The number of esters is 1. The minimum absolute atomic E-state index is 0. The van der Waals surface area contributed by atoms with Crippen molar-refractivity contribution in [2.24, 2.45) is 5.73 Å². The van der Waals surface area contributed by atoms with Crippen molar-refractivity contribution in [3.8, 4) is 5.75 Å². The number of likely N-dealkylation sites (tertiary alicyclic amines) is 1. The van der Waals surface area contributed by atoms with Crippen molar-refractivity contribution in [1.82, 2.24) is 4.90 Å². The molecule has 0 unspecified atom stereocenters. The molecule has 0 spiro atoms. The zero-order valence-electron chi connectivity index (χ0n) is 23.5. The molecule has 42 heavy (non-hydrogen) atoms. The number of nitrogen functional groups attached to an aromatic ring is 1. The number of nitrogens with zero attached hydrogens (tertiary/aromatic N) is 2. The van der Waals surface area contributed by atoms with Crippen molar-refractivity contribution in [1.29, 1.82) is 10.8 Å². The van der Waals surface area contributed by atoms with Gasteiger partial charge in [-0.25, -0.2) is 8.42 Å². The first kappa shape index (κ1) is 37.0. The van der Waals surface area contributed by atoms with Gasteiger partial charge in [-0.2, -0.15) is 0 Å². The van der Waals surface area contributed by atoms with Crippen molar-refractivity contribution >= 4 is 75.8 Å². The quantitative estimate of drug-likeness (QED) is 0.162. The number of nitrogens with two attached hydrogens (primary N) is 1. The van der Waals surface area contributed by atoms with E-state index in [1.165, 1.54) is 6.07 Å². The number of nitrogens with one attached hydrogen (secondary N) is 2. The standard InChI is InChI=1S/C28H36ClN5O5S.2ClH/c1-3-26(30)33-15-12-23(13-16-33)39-25-11-10-22(18-24(25)29)34(40(36,37)19-27(35)38-4-2)14-6-8-20-7-5-9-21(17-20)28(31)32;;/h5-11,17-18,23,30H,3-4,12-16,19H2,1-2H3,(H3,31,32);2*1H/b8-6+,30-26?;;. The first-order chi connectivity index (χ1) is 19.0. The zero-order valence-corrected chi connectivity index (χ0v) is 26.8. The topological polar surface area (TPSA) is 150 Å². The van der Waals surface area contributed by atoms with E-state index >= 15 is 0 Å². The molecule has 1 fully saturated rings. The molecule has 14 heteroatoms. The lowest BCUT2D eigenvalue weighted by atomic mass is 10.1. The molecule has 1 aliphatic heterocycles. The molecule has 0 amide bonds. The number of hydrogen-bond donors (Lipinski definition) is 3. The molecule has 4 N–H and O–H groups in total. The summed E-state index contributed by atoms with van der Waals surface area (Å²) in [4.78, 5) is 14.1. The molecule has 0 radical (unpaired) electrons. The van der Waals surface area contributed by atoms with Crippen molar-refractivity contribution in [2.45, 2.75) is 39.2 Å². The summed E-state index contributed by atoms with van der Waals surface area (Å²) in [5.41, 5.74) is 7.12. The van der Waals surface area contributed by atoms with E-state index in [1.807, 2.05) is 11.8 Å². The van der Waals surface area contributed by atoms with Gasteiger partial charge in [-0.05, 0) is 36.8 Å². The third kappa shape index (κ3) is 10.4. The number of hydrogen-bond acceptors (Lipinski definition) is 7. The summed E-state index contributed by atoms with van der Waals surface area (Å²) >= 11 is 6.54. The van der Waals surface area contributed by atoms with Crippen LogP contribution in [0.5, 0.6) is 5.75 Å². The van der Waals surface area contributed by atoms with E-state index in [0.29, 0.717) is 23.6 Å². The Morgan fingerprint density at radius 2 is 1.83 bits per heavy atom. The van der Waals surface area contributed by atoms with E-state index in [9.17, 15) is 13.2 Å². The van der Waals surface area contributed by atoms with Crippen molar-refractivity contribution in [3.05, 3.63) is 64.7 Å². The Hall–Kier alpha value is -2.99. The summed E-state index contributed by atoms with van der Waals surface area (Å²) in [6.45, 7) is 5.02. The van der Waals surface area contributed by atoms with Crippen LogP contribution in [0.2, 0.25) is 5.02 Å². The maximum Gasteiger partial charge on any atom is 0.323 e. The first-order valence-electron chi connectivity index (χ1n) is 13.1. The third-order valence-corrected chi connectivity index (χ3v) is 8.30. The molecule has 0 aromatic heterocycles. The number of piperidine rings is 1. The van der Waals surface area contributed by atoms with Crippen LogP contribution in [0.15, 0.2) is 48.5 Å². The van der Waals surface area contributed by atoms with E-state index in [0.717, 1.165) is 35.8 Å². The highest BCUT2D eigenvalue weighted by Crippen LogP contribution is 2.33. The molecule has 10 nitrogen and oxygen atoms in total. The number of rotatable bonds is 12. The largest absolute Gasteiger partial charge is 0.489 e. The third-order valence-electron chi connectivity index (χ3n) is 6.38. The van der Waals surface area contributed by atoms with Gasteiger partial charge in [-0.15, -0.1) is 24.8 Å². The lowest BCUT2D eigenvalue weighted by Crippen LogP contribution is -2.41.